The predicted molar refractivity (Wildman–Crippen MR) is 33.7 cm³/mol. The number of anilines is 1. The van der Waals surface area contributed by atoms with Gasteiger partial charge in [-0.1, -0.05) is 11.6 Å². The molecule has 0 bridgehead atoms. The zero-order valence-corrected chi connectivity index (χ0v) is 4.53. The quantitative estimate of drug-likeness (QED) is 0.628. The van der Waals surface area contributed by atoms with Gasteiger partial charge in [-0.15, -0.1) is 0 Å². The molecule has 0 radical (unpaired) electrons. The number of nitrogens with zero attached hydrogens (tertiary/aromatic N) is 1. The van der Waals surface area contributed by atoms with Gasteiger partial charge >= 0.3 is 0 Å². The van der Waals surface area contributed by atoms with Crippen LogP contribution in [0.5, 0.6) is 0 Å². The highest BCUT2D eigenvalue weighted by Crippen LogP contribution is 2.07. The van der Waals surface area contributed by atoms with Gasteiger partial charge in [-0.25, -0.2) is 4.98 Å². The summed E-state index contributed by atoms with van der Waals surface area (Å²) in [7, 11) is 0. The lowest BCUT2D eigenvalue weighted by Gasteiger charge is -1.88. The predicted octanol–water partition coefficient (Wildman–Crippen LogP) is 1.32. The molecular weight excluding hydrogens is 124 g/mol. The Labute approximate surface area is 59.4 Å². The highest BCUT2D eigenvalue weighted by Gasteiger charge is 1.84. The van der Waals surface area contributed by atoms with Crippen LogP contribution in [0.4, 0.5) is 5.82 Å². The Bertz CT molecular complexity index is 342. The summed E-state index contributed by atoms with van der Waals surface area (Å²) >= 11 is 5.50. The Morgan fingerprint density at radius 3 is 3.62 bits per heavy atom. The van der Waals surface area contributed by atoms with E-state index in [4.69, 9.17) is 18.5 Å². The van der Waals surface area contributed by atoms with Crippen molar-refractivity contribution in [2.75, 3.05) is 5.72 Å². The molecular formula is C5H5ClN2. The topological polar surface area (TPSA) is 38.9 Å². The minimum atomic E-state index is -0.444. The number of aromatic nitrogens is 1. The average Bonchev–Trinajstić information content (AvgIpc) is 2.07. The number of nitrogens with two attached hydrogens (primary N) is 1. The van der Waals surface area contributed by atoms with Gasteiger partial charge in [0, 0.05) is 11.2 Å². The Kier molecular flexibility index (Phi) is 0.472. The van der Waals surface area contributed by atoms with E-state index in [-0.39, 0.29) is 28.6 Å². The van der Waals surface area contributed by atoms with Crippen molar-refractivity contribution >= 4 is 17.4 Å². The van der Waals surface area contributed by atoms with Crippen LogP contribution in [0.3, 0.4) is 0 Å². The first-order valence-electron chi connectivity index (χ1n) is 4.25. The third-order valence-electron chi connectivity index (χ3n) is 0.549. The van der Waals surface area contributed by atoms with E-state index in [9.17, 15) is 0 Å². The second kappa shape index (κ2) is 2.01. The summed E-state index contributed by atoms with van der Waals surface area (Å²) in [5.41, 5.74) is 0.0890. The zero-order valence-electron chi connectivity index (χ0n) is 8.77. The molecule has 0 amide bonds. The van der Waals surface area contributed by atoms with Gasteiger partial charge in [-0.2, -0.15) is 0 Å². The molecule has 0 aliphatic heterocycles. The smallest absolute Gasteiger partial charge is 0.158 e. The maximum Gasteiger partial charge on any atom is 0.158 e. The first-order valence-corrected chi connectivity index (χ1v) is 2.24. The van der Waals surface area contributed by atoms with Crippen molar-refractivity contribution in [3.8, 4) is 0 Å². The molecule has 3 heteroatoms. The molecule has 1 aromatic rings. The van der Waals surface area contributed by atoms with Gasteiger partial charge in [0.15, 0.2) is 2.82 Å². The van der Waals surface area contributed by atoms with E-state index in [1.165, 1.54) is 0 Å². The summed E-state index contributed by atoms with van der Waals surface area (Å²) in [5, 5.41) is -0.264. The monoisotopic (exact) mass is 133 g/mol. The number of rotatable bonds is 1. The van der Waals surface area contributed by atoms with Crippen LogP contribution in [0.2, 0.25) is 7.85 Å². The fourth-order valence-electron chi connectivity index (χ4n) is 0.287. The van der Waals surface area contributed by atoms with Gasteiger partial charge in [-0.3, -0.25) is 0 Å². The molecule has 0 spiro atoms. The van der Waals surface area contributed by atoms with Crippen LogP contribution in [0, 0.1) is 0 Å². The summed E-state index contributed by atoms with van der Waals surface area (Å²) in [6, 6.07) is -0.745. The molecule has 1 heterocycles. The fraction of sp³-hybridized carbons (Fsp3) is 0. The van der Waals surface area contributed by atoms with Crippen LogP contribution >= 0.6 is 11.6 Å². The molecule has 42 valence electrons. The van der Waals surface area contributed by atoms with Crippen LogP contribution < -0.4 is 5.72 Å². The van der Waals surface area contributed by atoms with Crippen LogP contribution in [-0.2, 0) is 0 Å². The van der Waals surface area contributed by atoms with Gasteiger partial charge in [0.2, 0.25) is 0 Å². The van der Waals surface area contributed by atoms with Gasteiger partial charge in [0.1, 0.15) is 5.82 Å². The van der Waals surface area contributed by atoms with Crippen LogP contribution in [0.15, 0.2) is 18.3 Å². The number of hydrogen-bond donors (Lipinski definition) is 1. The maximum atomic E-state index is 7.28. The number of nitrogen functional groups attached to an aromatic ring is 1. The first kappa shape index (κ1) is 1.88. The minimum absolute atomic E-state index is 0.0890. The van der Waals surface area contributed by atoms with E-state index in [1.54, 1.807) is 0 Å². The van der Waals surface area contributed by atoms with Crippen LogP contribution in [0.1, 0.15) is 4.11 Å². The van der Waals surface area contributed by atoms with E-state index in [2.05, 4.69) is 4.98 Å². The molecule has 0 fully saturated rings. The lowest BCUT2D eigenvalue weighted by atomic mass is 10.5. The molecule has 2 N–H and O–H groups in total. The maximum absolute atomic E-state index is 7.28. The zero-order chi connectivity index (χ0) is 10.2. The second-order valence-electron chi connectivity index (χ2n) is 1.11. The van der Waals surface area contributed by atoms with Crippen molar-refractivity contribution in [3.63, 3.8) is 0 Å². The second-order valence-corrected chi connectivity index (χ2v) is 1.49. The third-order valence-corrected chi connectivity index (χ3v) is 0.738. The average molecular weight is 134 g/mol. The van der Waals surface area contributed by atoms with Crippen LogP contribution in [-0.4, -0.2) is 4.98 Å². The molecule has 2 nitrogen and oxygen atoms in total. The summed E-state index contributed by atoms with van der Waals surface area (Å²) in [4.78, 5) is 3.39. The molecule has 0 atom stereocenters. The van der Waals surface area contributed by atoms with E-state index in [1.807, 2.05) is 0 Å². The van der Waals surface area contributed by atoms with E-state index in [0.717, 1.165) is 0 Å². The molecule has 0 aromatic carbocycles. The summed E-state index contributed by atoms with van der Waals surface area (Å²) in [6.45, 7) is 0. The lowest BCUT2D eigenvalue weighted by Crippen LogP contribution is -1.86. The third kappa shape index (κ3) is 1.10. The molecule has 0 unspecified atom stereocenters. The normalized spacial score (nSPS) is 17.4. The molecule has 1 rings (SSSR count). The van der Waals surface area contributed by atoms with Gasteiger partial charge in [0.05, 0.1) is 4.11 Å². The van der Waals surface area contributed by atoms with Gasteiger partial charge in [-0.05, 0) is 12.1 Å². The molecule has 0 aliphatic carbocycles. The van der Waals surface area contributed by atoms with Crippen molar-refractivity contribution in [2.45, 2.75) is 0 Å². The Morgan fingerprint density at radius 1 is 2.00 bits per heavy atom. The standard InChI is InChI=1S/C5H5ClN2/c6-4-1-2-8-5(7)3-4/h1-3H,(H2,7,8)/i1D,2D,3D/hD2. The highest BCUT2D eigenvalue weighted by atomic mass is 35.5. The Hall–Kier alpha value is -0.760. The van der Waals surface area contributed by atoms with Crippen molar-refractivity contribution in [2.24, 2.45) is 0 Å². The van der Waals surface area contributed by atoms with Gasteiger partial charge < -0.3 is 5.72 Å². The Morgan fingerprint density at radius 2 is 2.88 bits per heavy atom. The minimum Gasteiger partial charge on any atom is -0.384 e. The lowest BCUT2D eigenvalue weighted by molar-refractivity contribution is 1.34. The van der Waals surface area contributed by atoms with E-state index < -0.39 is 6.17 Å². The van der Waals surface area contributed by atoms with E-state index in [0.29, 0.717) is 0 Å². The largest absolute Gasteiger partial charge is 0.384 e. The summed E-state index contributed by atoms with van der Waals surface area (Å²) < 4.78 is 35.3. The SMILES string of the molecule is [2H]c1nc(N([2H])[2H])c([2H])c(Cl)c1[2H]. The van der Waals surface area contributed by atoms with Crippen molar-refractivity contribution in [3.05, 3.63) is 23.3 Å². The van der Waals surface area contributed by atoms with Crippen molar-refractivity contribution < 1.29 is 6.94 Å². The molecule has 1 aromatic heterocycles. The summed E-state index contributed by atoms with van der Waals surface area (Å²) in [6.07, 6.45) is -0.444. The molecule has 0 saturated carbocycles. The number of hydrogen-bond acceptors (Lipinski definition) is 2. The van der Waals surface area contributed by atoms with Crippen LogP contribution in [0.25, 0.3) is 0 Å². The molecule has 0 aliphatic rings. The van der Waals surface area contributed by atoms with Gasteiger partial charge in [0.25, 0.3) is 0 Å². The molecule has 8 heavy (non-hydrogen) atoms. The fourth-order valence-corrected chi connectivity index (χ4v) is 0.414. The van der Waals surface area contributed by atoms with E-state index >= 15 is 0 Å². The summed E-state index contributed by atoms with van der Waals surface area (Å²) in [5.74, 6) is -0.356. The first-order chi connectivity index (χ1) is 5.95. The van der Waals surface area contributed by atoms with Crippen molar-refractivity contribution in [1.29, 1.82) is 0 Å². The van der Waals surface area contributed by atoms with Crippen molar-refractivity contribution in [1.82, 2.24) is 4.98 Å². The number of pyridine rings is 1. The Balaban J connectivity index is 3.41. The number of halogens is 1. The molecule has 0 saturated heterocycles. The highest BCUT2D eigenvalue weighted by molar-refractivity contribution is 6.30.